The molecular weight excluding hydrogens is 302 g/mol. The molecule has 3 heteroatoms. The molecule has 1 rings (SSSR count). The third-order valence-electron chi connectivity index (χ3n) is 3.16. The first-order valence-electron chi connectivity index (χ1n) is 7.19. The van der Waals surface area contributed by atoms with Crippen LogP contribution in [0.5, 0.6) is 5.75 Å². The van der Waals surface area contributed by atoms with Crippen LogP contribution in [0.2, 0.25) is 0 Å². The van der Waals surface area contributed by atoms with E-state index in [1.54, 1.807) is 7.11 Å². The Morgan fingerprint density at radius 1 is 1.16 bits per heavy atom. The van der Waals surface area contributed by atoms with E-state index in [1.165, 1.54) is 31.2 Å². The van der Waals surface area contributed by atoms with Crippen molar-refractivity contribution in [3.63, 3.8) is 0 Å². The lowest BCUT2D eigenvalue weighted by Gasteiger charge is -2.08. The summed E-state index contributed by atoms with van der Waals surface area (Å²) in [7, 11) is 1.70. The fourth-order valence-electron chi connectivity index (χ4n) is 2.06. The number of rotatable bonds is 9. The van der Waals surface area contributed by atoms with Crippen molar-refractivity contribution in [3.8, 4) is 5.75 Å². The van der Waals surface area contributed by atoms with Crippen LogP contribution < -0.4 is 10.1 Å². The number of methoxy groups -OCH3 is 1. The molecule has 2 nitrogen and oxygen atoms in total. The Bertz CT molecular complexity index is 366. The maximum atomic E-state index is 5.24. The number of benzene rings is 1. The van der Waals surface area contributed by atoms with Gasteiger partial charge >= 0.3 is 0 Å². The molecule has 0 aliphatic heterocycles. The monoisotopic (exact) mass is 327 g/mol. The smallest absolute Gasteiger partial charge is 0.133 e. The summed E-state index contributed by atoms with van der Waals surface area (Å²) in [5.41, 5.74) is 1.38. The first kappa shape index (κ1) is 16.5. The highest BCUT2D eigenvalue weighted by Gasteiger charge is 2.01. The van der Waals surface area contributed by atoms with Crippen LogP contribution in [0.3, 0.4) is 0 Å². The van der Waals surface area contributed by atoms with Crippen LogP contribution >= 0.6 is 15.9 Å². The summed E-state index contributed by atoms with van der Waals surface area (Å²) in [6.07, 6.45) is 6.33. The average molecular weight is 328 g/mol. The lowest BCUT2D eigenvalue weighted by atomic mass is 10.1. The molecule has 0 radical (unpaired) electrons. The Morgan fingerprint density at radius 2 is 1.89 bits per heavy atom. The fraction of sp³-hybridized carbons (Fsp3) is 0.625. The number of hydrogen-bond donors (Lipinski definition) is 1. The van der Waals surface area contributed by atoms with Crippen molar-refractivity contribution in [3.05, 3.63) is 28.2 Å². The van der Waals surface area contributed by atoms with Crippen molar-refractivity contribution < 1.29 is 4.74 Å². The molecule has 19 heavy (non-hydrogen) atoms. The van der Waals surface area contributed by atoms with Crippen LogP contribution in [0, 0.1) is 0 Å². The number of nitrogens with one attached hydrogen (secondary N) is 1. The van der Waals surface area contributed by atoms with Crippen LogP contribution in [0.1, 0.15) is 45.1 Å². The summed E-state index contributed by atoms with van der Waals surface area (Å²) in [6.45, 7) is 5.54. The molecule has 0 aromatic heterocycles. The summed E-state index contributed by atoms with van der Waals surface area (Å²) >= 11 is 3.53. The minimum Gasteiger partial charge on any atom is -0.496 e. The van der Waals surface area contributed by atoms with E-state index in [4.69, 9.17) is 4.74 Å². The highest BCUT2D eigenvalue weighted by Crippen LogP contribution is 2.26. The van der Waals surface area contributed by atoms with Crippen molar-refractivity contribution in [1.82, 2.24) is 5.32 Å². The van der Waals surface area contributed by atoms with Gasteiger partial charge in [0.05, 0.1) is 11.6 Å². The average Bonchev–Trinajstić information content (AvgIpc) is 2.37. The molecule has 1 aromatic carbocycles. The van der Waals surface area contributed by atoms with Gasteiger partial charge in [-0.3, -0.25) is 0 Å². The summed E-state index contributed by atoms with van der Waals surface area (Å²) in [6, 6.07) is 6.96. The number of hydrogen-bond acceptors (Lipinski definition) is 2. The Balaban J connectivity index is 2.14. The van der Waals surface area contributed by atoms with Crippen molar-refractivity contribution >= 4 is 15.9 Å². The quantitative estimate of drug-likeness (QED) is 0.671. The van der Waals surface area contributed by atoms with Gasteiger partial charge in [-0.1, -0.05) is 32.8 Å². The molecule has 0 amide bonds. The van der Waals surface area contributed by atoms with Crippen LogP contribution in [-0.4, -0.2) is 19.7 Å². The van der Waals surface area contributed by atoms with Crippen molar-refractivity contribution in [2.75, 3.05) is 13.7 Å². The van der Waals surface area contributed by atoms with Gasteiger partial charge in [0.2, 0.25) is 0 Å². The third-order valence-corrected chi connectivity index (χ3v) is 3.78. The van der Waals surface area contributed by atoms with E-state index in [2.05, 4.69) is 47.2 Å². The number of halogens is 1. The maximum absolute atomic E-state index is 5.24. The summed E-state index contributed by atoms with van der Waals surface area (Å²) < 4.78 is 6.28. The van der Waals surface area contributed by atoms with E-state index in [0.29, 0.717) is 6.04 Å². The van der Waals surface area contributed by atoms with Gasteiger partial charge in [-0.25, -0.2) is 0 Å². The van der Waals surface area contributed by atoms with Crippen LogP contribution in [0.25, 0.3) is 0 Å². The largest absolute Gasteiger partial charge is 0.496 e. The van der Waals surface area contributed by atoms with E-state index in [-0.39, 0.29) is 0 Å². The van der Waals surface area contributed by atoms with Gasteiger partial charge in [0.15, 0.2) is 0 Å². The Labute approximate surface area is 126 Å². The number of unbranched alkanes of at least 4 members (excludes halogenated alkanes) is 3. The van der Waals surface area contributed by atoms with E-state index < -0.39 is 0 Å². The standard InChI is InChI=1S/C16H26BrNO/c1-13(2)18-11-7-5-4-6-8-14-9-10-16(19-3)15(17)12-14/h9-10,12-13,18H,4-8,11H2,1-3H3. The summed E-state index contributed by atoms with van der Waals surface area (Å²) in [4.78, 5) is 0. The molecule has 0 bridgehead atoms. The molecule has 0 aliphatic carbocycles. The Hall–Kier alpha value is -0.540. The molecule has 0 unspecified atom stereocenters. The Kier molecular flexibility index (Phi) is 8.15. The predicted molar refractivity (Wildman–Crippen MR) is 86.0 cm³/mol. The number of aryl methyl sites for hydroxylation is 1. The normalized spacial score (nSPS) is 11.0. The van der Waals surface area contributed by atoms with Crippen LogP contribution in [0.15, 0.2) is 22.7 Å². The van der Waals surface area contributed by atoms with Crippen LogP contribution in [0.4, 0.5) is 0 Å². The summed E-state index contributed by atoms with van der Waals surface area (Å²) in [5.74, 6) is 0.906. The van der Waals surface area contributed by atoms with Gasteiger partial charge in [0.1, 0.15) is 5.75 Å². The zero-order chi connectivity index (χ0) is 14.1. The minimum absolute atomic E-state index is 0.608. The molecule has 0 aliphatic rings. The molecule has 1 aromatic rings. The van der Waals surface area contributed by atoms with Crippen molar-refractivity contribution in [2.45, 2.75) is 52.0 Å². The molecule has 0 atom stereocenters. The summed E-state index contributed by atoms with van der Waals surface area (Å²) in [5, 5.41) is 3.45. The molecule has 0 heterocycles. The fourth-order valence-corrected chi connectivity index (χ4v) is 2.65. The van der Waals surface area contributed by atoms with Gasteiger partial charge in [-0.05, 0) is 59.4 Å². The van der Waals surface area contributed by atoms with Gasteiger partial charge in [0.25, 0.3) is 0 Å². The SMILES string of the molecule is COc1ccc(CCCCCCNC(C)C)cc1Br. The number of ether oxygens (including phenoxy) is 1. The highest BCUT2D eigenvalue weighted by atomic mass is 79.9. The highest BCUT2D eigenvalue weighted by molar-refractivity contribution is 9.10. The lowest BCUT2D eigenvalue weighted by Crippen LogP contribution is -2.23. The molecule has 0 saturated carbocycles. The lowest BCUT2D eigenvalue weighted by molar-refractivity contribution is 0.412. The molecule has 108 valence electrons. The maximum Gasteiger partial charge on any atom is 0.133 e. The van der Waals surface area contributed by atoms with Gasteiger partial charge in [-0.2, -0.15) is 0 Å². The van der Waals surface area contributed by atoms with E-state index in [0.717, 1.165) is 23.2 Å². The second kappa shape index (κ2) is 9.38. The molecule has 1 N–H and O–H groups in total. The zero-order valence-corrected chi connectivity index (χ0v) is 13.9. The van der Waals surface area contributed by atoms with Gasteiger partial charge in [-0.15, -0.1) is 0 Å². The Morgan fingerprint density at radius 3 is 2.53 bits per heavy atom. The second-order valence-corrected chi connectivity index (χ2v) is 6.10. The second-order valence-electron chi connectivity index (χ2n) is 5.24. The molecule has 0 saturated heterocycles. The zero-order valence-electron chi connectivity index (χ0n) is 12.3. The van der Waals surface area contributed by atoms with Gasteiger partial charge in [0, 0.05) is 6.04 Å². The molecule has 0 fully saturated rings. The first-order chi connectivity index (χ1) is 9.13. The molecule has 0 spiro atoms. The van der Waals surface area contributed by atoms with Crippen molar-refractivity contribution in [1.29, 1.82) is 0 Å². The first-order valence-corrected chi connectivity index (χ1v) is 7.98. The van der Waals surface area contributed by atoms with Crippen molar-refractivity contribution in [2.24, 2.45) is 0 Å². The molecular formula is C16H26BrNO. The van der Waals surface area contributed by atoms with Crippen LogP contribution in [-0.2, 0) is 6.42 Å². The third kappa shape index (κ3) is 6.98. The van der Waals surface area contributed by atoms with Gasteiger partial charge < -0.3 is 10.1 Å². The van der Waals surface area contributed by atoms with E-state index in [1.807, 2.05) is 6.07 Å². The van der Waals surface area contributed by atoms with E-state index >= 15 is 0 Å². The predicted octanol–water partition coefficient (Wildman–Crippen LogP) is 4.56. The topological polar surface area (TPSA) is 21.3 Å². The van der Waals surface area contributed by atoms with E-state index in [9.17, 15) is 0 Å². The minimum atomic E-state index is 0.608.